The largest absolute Gasteiger partial charge is 0.349 e. The standard InChI is InChI=1S/C17H29N3O3S.ClH/c1-6-17(7-2,12-18)16(21)19-13(3)14-9-8-10-15(11-14)24(22,23)20(4)5;/h8-11,13H,6-7,12,18H2,1-5H3,(H,19,21);1H. The number of halogens is 1. The molecule has 8 heteroatoms. The molecule has 6 nitrogen and oxygen atoms in total. The number of sulfonamides is 1. The van der Waals surface area contributed by atoms with E-state index in [0.29, 0.717) is 12.8 Å². The number of amides is 1. The van der Waals surface area contributed by atoms with Crippen LogP contribution in [0.3, 0.4) is 0 Å². The van der Waals surface area contributed by atoms with Crippen LogP contribution in [-0.4, -0.2) is 39.3 Å². The van der Waals surface area contributed by atoms with Crippen molar-refractivity contribution in [1.82, 2.24) is 9.62 Å². The summed E-state index contributed by atoms with van der Waals surface area (Å²) >= 11 is 0. The van der Waals surface area contributed by atoms with Crippen LogP contribution in [0.5, 0.6) is 0 Å². The number of carbonyl (C=O) groups excluding carboxylic acids is 1. The molecule has 0 aliphatic heterocycles. The molecular weight excluding hydrogens is 362 g/mol. The van der Waals surface area contributed by atoms with E-state index in [1.54, 1.807) is 18.2 Å². The highest BCUT2D eigenvalue weighted by molar-refractivity contribution is 7.89. The zero-order valence-electron chi connectivity index (χ0n) is 15.6. The molecule has 1 aromatic carbocycles. The molecular formula is C17H30ClN3O3S. The second kappa shape index (κ2) is 9.52. The van der Waals surface area contributed by atoms with Crippen molar-refractivity contribution < 1.29 is 13.2 Å². The first kappa shape index (κ1) is 23.9. The summed E-state index contributed by atoms with van der Waals surface area (Å²) in [5, 5.41) is 2.97. The van der Waals surface area contributed by atoms with E-state index in [0.717, 1.165) is 5.56 Å². The molecule has 0 aliphatic rings. The van der Waals surface area contributed by atoms with Crippen LogP contribution in [0, 0.1) is 5.41 Å². The summed E-state index contributed by atoms with van der Waals surface area (Å²) in [7, 11) is -0.520. The van der Waals surface area contributed by atoms with Gasteiger partial charge in [0.25, 0.3) is 0 Å². The minimum atomic E-state index is -3.50. The summed E-state index contributed by atoms with van der Waals surface area (Å²) in [5.74, 6) is -0.0941. The van der Waals surface area contributed by atoms with Crippen molar-refractivity contribution in [2.75, 3.05) is 20.6 Å². The molecule has 25 heavy (non-hydrogen) atoms. The van der Waals surface area contributed by atoms with Gasteiger partial charge in [0.2, 0.25) is 15.9 Å². The molecule has 0 bridgehead atoms. The Kier molecular flexibility index (Phi) is 9.08. The number of nitrogens with two attached hydrogens (primary N) is 1. The molecule has 0 spiro atoms. The maximum atomic E-state index is 12.6. The lowest BCUT2D eigenvalue weighted by molar-refractivity contribution is -0.131. The predicted molar refractivity (Wildman–Crippen MR) is 103 cm³/mol. The third-order valence-electron chi connectivity index (χ3n) is 4.71. The zero-order chi connectivity index (χ0) is 18.5. The van der Waals surface area contributed by atoms with Gasteiger partial charge >= 0.3 is 0 Å². The fraction of sp³-hybridized carbons (Fsp3) is 0.588. The van der Waals surface area contributed by atoms with Crippen LogP contribution in [0.1, 0.15) is 45.2 Å². The summed E-state index contributed by atoms with van der Waals surface area (Å²) < 4.78 is 25.7. The van der Waals surface area contributed by atoms with E-state index in [4.69, 9.17) is 5.73 Å². The quantitative estimate of drug-likeness (QED) is 0.711. The van der Waals surface area contributed by atoms with Crippen LogP contribution in [0.15, 0.2) is 29.2 Å². The van der Waals surface area contributed by atoms with Crippen molar-refractivity contribution in [3.05, 3.63) is 29.8 Å². The Hall–Kier alpha value is -1.15. The Morgan fingerprint density at radius 1 is 1.28 bits per heavy atom. The summed E-state index contributed by atoms with van der Waals surface area (Å²) in [6.45, 7) is 6.02. The van der Waals surface area contributed by atoms with Crippen molar-refractivity contribution in [3.8, 4) is 0 Å². The van der Waals surface area contributed by atoms with Gasteiger partial charge in [-0.3, -0.25) is 4.79 Å². The third-order valence-corrected chi connectivity index (χ3v) is 6.52. The molecule has 0 heterocycles. The molecule has 1 aromatic rings. The smallest absolute Gasteiger partial charge is 0.242 e. The number of rotatable bonds is 8. The van der Waals surface area contributed by atoms with Gasteiger partial charge in [0.1, 0.15) is 0 Å². The summed E-state index contributed by atoms with van der Waals surface area (Å²) in [6.07, 6.45) is 1.32. The molecule has 1 atom stereocenters. The summed E-state index contributed by atoms with van der Waals surface area (Å²) in [6, 6.07) is 6.34. The molecule has 144 valence electrons. The van der Waals surface area contributed by atoms with Gasteiger partial charge in [-0.25, -0.2) is 12.7 Å². The Balaban J connectivity index is 0.00000576. The van der Waals surface area contributed by atoms with Crippen LogP contribution in [0.25, 0.3) is 0 Å². The van der Waals surface area contributed by atoms with E-state index < -0.39 is 15.4 Å². The van der Waals surface area contributed by atoms with Crippen LogP contribution in [0.4, 0.5) is 0 Å². The lowest BCUT2D eigenvalue weighted by Gasteiger charge is -2.30. The fourth-order valence-electron chi connectivity index (χ4n) is 2.54. The molecule has 0 saturated carbocycles. The third kappa shape index (κ3) is 5.17. The number of nitrogens with one attached hydrogen (secondary N) is 1. The van der Waals surface area contributed by atoms with E-state index in [-0.39, 0.29) is 35.8 Å². The highest BCUT2D eigenvalue weighted by atomic mass is 35.5. The molecule has 0 fully saturated rings. The molecule has 0 radical (unpaired) electrons. The number of carbonyl (C=O) groups is 1. The van der Waals surface area contributed by atoms with Crippen LogP contribution >= 0.6 is 12.4 Å². The number of nitrogens with zero attached hydrogens (tertiary/aromatic N) is 1. The van der Waals surface area contributed by atoms with Crippen LogP contribution in [-0.2, 0) is 14.8 Å². The first-order valence-electron chi connectivity index (χ1n) is 8.18. The van der Waals surface area contributed by atoms with Crippen LogP contribution < -0.4 is 11.1 Å². The molecule has 0 saturated heterocycles. The zero-order valence-corrected chi connectivity index (χ0v) is 17.2. The molecule has 1 rings (SSSR count). The first-order chi connectivity index (χ1) is 11.1. The fourth-order valence-corrected chi connectivity index (χ4v) is 3.50. The van der Waals surface area contributed by atoms with Gasteiger partial charge in [-0.2, -0.15) is 0 Å². The number of hydrogen-bond donors (Lipinski definition) is 2. The second-order valence-electron chi connectivity index (χ2n) is 6.25. The highest BCUT2D eigenvalue weighted by Gasteiger charge is 2.34. The lowest BCUT2D eigenvalue weighted by atomic mass is 9.81. The van der Waals surface area contributed by atoms with Crippen molar-refractivity contribution >= 4 is 28.3 Å². The molecule has 1 amide bonds. The van der Waals surface area contributed by atoms with Gasteiger partial charge in [0.15, 0.2) is 0 Å². The average molecular weight is 392 g/mol. The first-order valence-corrected chi connectivity index (χ1v) is 9.62. The topological polar surface area (TPSA) is 92.5 Å². The van der Waals surface area contributed by atoms with Gasteiger partial charge in [-0.1, -0.05) is 26.0 Å². The maximum absolute atomic E-state index is 12.6. The van der Waals surface area contributed by atoms with Gasteiger partial charge in [0.05, 0.1) is 16.4 Å². The lowest BCUT2D eigenvalue weighted by Crippen LogP contribution is -2.46. The minimum Gasteiger partial charge on any atom is -0.349 e. The van der Waals surface area contributed by atoms with Gasteiger partial charge in [-0.05, 0) is 37.5 Å². The van der Waals surface area contributed by atoms with Gasteiger partial charge < -0.3 is 11.1 Å². The number of benzene rings is 1. The second-order valence-corrected chi connectivity index (χ2v) is 8.40. The minimum absolute atomic E-state index is 0. The Morgan fingerprint density at radius 2 is 1.84 bits per heavy atom. The van der Waals surface area contributed by atoms with Gasteiger partial charge in [-0.15, -0.1) is 12.4 Å². The van der Waals surface area contributed by atoms with Crippen LogP contribution in [0.2, 0.25) is 0 Å². The summed E-state index contributed by atoms with van der Waals surface area (Å²) in [4.78, 5) is 12.8. The summed E-state index contributed by atoms with van der Waals surface area (Å²) in [5.41, 5.74) is 5.97. The van der Waals surface area contributed by atoms with E-state index in [1.165, 1.54) is 18.4 Å². The van der Waals surface area contributed by atoms with E-state index in [1.807, 2.05) is 26.8 Å². The molecule has 1 unspecified atom stereocenters. The Bertz CT molecular complexity index is 665. The van der Waals surface area contributed by atoms with Crippen molar-refractivity contribution in [1.29, 1.82) is 0 Å². The molecule has 0 aliphatic carbocycles. The monoisotopic (exact) mass is 391 g/mol. The molecule has 0 aromatic heterocycles. The van der Waals surface area contributed by atoms with E-state index in [9.17, 15) is 13.2 Å². The van der Waals surface area contributed by atoms with Gasteiger partial charge in [0, 0.05) is 20.6 Å². The average Bonchev–Trinajstić information content (AvgIpc) is 2.57. The predicted octanol–water partition coefficient (Wildman–Crippen LogP) is 2.30. The Morgan fingerprint density at radius 3 is 2.28 bits per heavy atom. The molecule has 3 N–H and O–H groups in total. The SMILES string of the molecule is CCC(CC)(CN)C(=O)NC(C)c1cccc(S(=O)(=O)N(C)C)c1.Cl. The highest BCUT2D eigenvalue weighted by Crippen LogP contribution is 2.27. The van der Waals surface area contributed by atoms with Crippen molar-refractivity contribution in [2.45, 2.75) is 44.6 Å². The normalized spacial score (nSPS) is 13.2. The Labute approximate surface area is 157 Å². The number of hydrogen-bond acceptors (Lipinski definition) is 4. The maximum Gasteiger partial charge on any atom is 0.242 e. The van der Waals surface area contributed by atoms with E-state index >= 15 is 0 Å². The van der Waals surface area contributed by atoms with Crippen molar-refractivity contribution in [3.63, 3.8) is 0 Å². The van der Waals surface area contributed by atoms with Crippen molar-refractivity contribution in [2.24, 2.45) is 11.1 Å². The van der Waals surface area contributed by atoms with E-state index in [2.05, 4.69) is 5.32 Å².